The standard InChI is InChI=1S/H3O5Si2/c1-7(2,3)5-4-6/h1-3H. The molecule has 0 spiro atoms. The van der Waals surface area contributed by atoms with Gasteiger partial charge in [-0.1, -0.05) is 0 Å². The Morgan fingerprint density at radius 1 is 1.29 bits per heavy atom. The van der Waals surface area contributed by atoms with Crippen LogP contribution in [0.3, 0.4) is 0 Å². The maximum Gasteiger partial charge on any atom is 0.698 e. The summed E-state index contributed by atoms with van der Waals surface area (Å²) in [6.07, 6.45) is 0. The van der Waals surface area contributed by atoms with Gasteiger partial charge in [0.05, 0.1) is 0 Å². The first kappa shape index (κ1) is 7.23. The highest BCUT2D eigenvalue weighted by Crippen LogP contribution is 1.85. The van der Waals surface area contributed by atoms with E-state index in [2.05, 4.69) is 19.6 Å². The summed E-state index contributed by atoms with van der Waals surface area (Å²) in [7, 11) is -2.17. The molecule has 0 aromatic heterocycles. The summed E-state index contributed by atoms with van der Waals surface area (Å²) >= 11 is 0. The van der Waals surface area contributed by atoms with Gasteiger partial charge in [-0.2, -0.15) is 0 Å². The minimum Gasteiger partial charge on any atom is -0.366 e. The third-order valence-corrected chi connectivity index (χ3v) is 0.710. The van der Waals surface area contributed by atoms with Gasteiger partial charge in [0.1, 0.15) is 0 Å². The molecular formula is H3O5Si2. The van der Waals surface area contributed by atoms with Crippen molar-refractivity contribution in [1.29, 1.82) is 0 Å². The smallest absolute Gasteiger partial charge is 0.366 e. The Balaban J connectivity index is 3.15. The lowest BCUT2D eigenvalue weighted by Crippen LogP contribution is -2.38. The molecule has 0 amide bonds. The summed E-state index contributed by atoms with van der Waals surface area (Å²) in [5, 5.41) is 0. The van der Waals surface area contributed by atoms with Gasteiger partial charge < -0.3 is 14.4 Å². The first-order valence-electron chi connectivity index (χ1n) is 1.25. The van der Waals surface area contributed by atoms with E-state index in [0.717, 1.165) is 0 Å². The summed E-state index contributed by atoms with van der Waals surface area (Å²) in [6.45, 7) is 0. The van der Waals surface area contributed by atoms with Crippen molar-refractivity contribution in [3.05, 3.63) is 0 Å². The average molecular weight is 139 g/mol. The van der Waals surface area contributed by atoms with Crippen LogP contribution in [0.15, 0.2) is 0 Å². The fourth-order valence-corrected chi connectivity index (χ4v) is 0.503. The maximum atomic E-state index is 7.89. The van der Waals surface area contributed by atoms with Crippen molar-refractivity contribution in [3.63, 3.8) is 0 Å². The van der Waals surface area contributed by atoms with Crippen LogP contribution in [0.2, 0.25) is 0 Å². The van der Waals surface area contributed by atoms with E-state index in [1.54, 1.807) is 0 Å². The third-order valence-electron chi connectivity index (χ3n) is 0.153. The highest BCUT2D eigenvalue weighted by atomic mass is 28.4. The zero-order valence-corrected chi connectivity index (χ0v) is 5.16. The molecule has 0 aliphatic carbocycles. The van der Waals surface area contributed by atoms with E-state index < -0.39 is 9.05 Å². The molecule has 0 aliphatic rings. The Kier molecular flexibility index (Phi) is 2.60. The largest absolute Gasteiger partial charge is 0.698 e. The van der Waals surface area contributed by atoms with Gasteiger partial charge in [-0.15, -0.1) is 0 Å². The van der Waals surface area contributed by atoms with Crippen LogP contribution in [0.5, 0.6) is 0 Å². The first-order valence-corrected chi connectivity index (χ1v) is 3.40. The monoisotopic (exact) mass is 139 g/mol. The lowest BCUT2D eigenvalue weighted by Gasteiger charge is -2.03. The minimum atomic E-state index is -4.43. The second kappa shape index (κ2) is 2.52. The fraction of sp³-hybridized carbons (Fsp3) is 0. The molecule has 0 aromatic carbocycles. The second-order valence-corrected chi connectivity index (χ2v) is 2.22. The molecule has 41 valence electrons. The molecule has 3 radical (unpaired) electrons. The molecule has 7 heavy (non-hydrogen) atoms. The van der Waals surface area contributed by atoms with Gasteiger partial charge >= 0.3 is 19.5 Å². The molecule has 0 fully saturated rings. The van der Waals surface area contributed by atoms with E-state index in [0.29, 0.717) is 0 Å². The van der Waals surface area contributed by atoms with E-state index in [-0.39, 0.29) is 0 Å². The molecule has 0 atom stereocenters. The third kappa shape index (κ3) is 6.23. The van der Waals surface area contributed by atoms with Gasteiger partial charge in [-0.05, 0) is 0 Å². The van der Waals surface area contributed by atoms with Crippen molar-refractivity contribution in [3.8, 4) is 0 Å². The van der Waals surface area contributed by atoms with Gasteiger partial charge in [0.15, 0.2) is 0 Å². The van der Waals surface area contributed by atoms with E-state index >= 15 is 0 Å². The van der Waals surface area contributed by atoms with Crippen LogP contribution in [0.4, 0.5) is 0 Å². The minimum absolute atomic E-state index is 2.26. The van der Waals surface area contributed by atoms with Crippen LogP contribution in [-0.4, -0.2) is 33.9 Å². The fourth-order valence-electron chi connectivity index (χ4n) is 0.0559. The highest BCUT2D eigenvalue weighted by molar-refractivity contribution is 6.48. The van der Waals surface area contributed by atoms with Crippen LogP contribution in [0, 0.1) is 0 Å². The van der Waals surface area contributed by atoms with Crippen LogP contribution in [-0.2, 0) is 9.15 Å². The quantitative estimate of drug-likeness (QED) is 0.223. The van der Waals surface area contributed by atoms with Crippen LogP contribution in [0.1, 0.15) is 0 Å². The lowest BCUT2D eigenvalue weighted by atomic mass is 14.9. The van der Waals surface area contributed by atoms with Crippen molar-refractivity contribution < 1.29 is 23.5 Å². The Morgan fingerprint density at radius 3 is 1.71 bits per heavy atom. The van der Waals surface area contributed by atoms with Crippen molar-refractivity contribution in [1.82, 2.24) is 0 Å². The van der Waals surface area contributed by atoms with Crippen LogP contribution >= 0.6 is 0 Å². The molecule has 7 heteroatoms. The first-order chi connectivity index (χ1) is 3.06. The number of hydrogen-bond donors (Lipinski definition) is 3. The maximum absolute atomic E-state index is 7.89. The second-order valence-electron chi connectivity index (χ2n) is 0.741. The normalized spacial score (nSPS) is 12.0. The predicted molar refractivity (Wildman–Crippen MR) is 20.3 cm³/mol. The van der Waals surface area contributed by atoms with E-state index in [4.69, 9.17) is 14.4 Å². The molecule has 0 aliphatic heterocycles. The number of rotatable bonds is 2. The summed E-state index contributed by atoms with van der Waals surface area (Å²) in [5.41, 5.74) is 0. The van der Waals surface area contributed by atoms with Gasteiger partial charge in [0.25, 0.3) is 0 Å². The van der Waals surface area contributed by atoms with Crippen LogP contribution < -0.4 is 0 Å². The Morgan fingerprint density at radius 2 is 1.71 bits per heavy atom. The molecule has 0 rings (SSSR count). The summed E-state index contributed by atoms with van der Waals surface area (Å²) in [6, 6.07) is 0. The van der Waals surface area contributed by atoms with Crippen molar-refractivity contribution in [2.24, 2.45) is 0 Å². The van der Waals surface area contributed by atoms with E-state index in [9.17, 15) is 0 Å². The molecule has 0 unspecified atom stereocenters. The molecule has 0 saturated heterocycles. The highest BCUT2D eigenvalue weighted by Gasteiger charge is 2.31. The van der Waals surface area contributed by atoms with Gasteiger partial charge in [0, 0.05) is 0 Å². The molecule has 0 heterocycles. The molecular weight excluding hydrogens is 136 g/mol. The summed E-state index contributed by atoms with van der Waals surface area (Å²) < 4.78 is 6.97. The Hall–Kier alpha value is 0.234. The lowest BCUT2D eigenvalue weighted by molar-refractivity contribution is -0.173. The Labute approximate surface area is 44.1 Å². The van der Waals surface area contributed by atoms with Gasteiger partial charge in [-0.25, -0.2) is 4.58 Å². The molecule has 0 aromatic rings. The molecule has 5 nitrogen and oxygen atoms in total. The van der Waals surface area contributed by atoms with E-state index in [1.807, 2.05) is 0 Å². The van der Waals surface area contributed by atoms with Crippen molar-refractivity contribution >= 4 is 19.5 Å². The SMILES string of the molecule is O[Si](O)(O)OO[Si]. The molecule has 0 saturated carbocycles. The molecule has 3 N–H and O–H groups in total. The summed E-state index contributed by atoms with van der Waals surface area (Å²) in [5.74, 6) is 0. The van der Waals surface area contributed by atoms with Crippen molar-refractivity contribution in [2.45, 2.75) is 0 Å². The van der Waals surface area contributed by atoms with Crippen LogP contribution in [0.25, 0.3) is 0 Å². The predicted octanol–water partition coefficient (Wildman–Crippen LogP) is -2.57. The van der Waals surface area contributed by atoms with Gasteiger partial charge in [-0.3, -0.25) is 4.58 Å². The van der Waals surface area contributed by atoms with Crippen molar-refractivity contribution in [2.75, 3.05) is 0 Å². The van der Waals surface area contributed by atoms with E-state index in [1.165, 1.54) is 0 Å². The summed E-state index contributed by atoms with van der Waals surface area (Å²) in [4.78, 5) is 23.7. The number of hydrogen-bond acceptors (Lipinski definition) is 5. The zero-order valence-electron chi connectivity index (χ0n) is 3.16. The molecule has 0 bridgehead atoms. The average Bonchev–Trinajstić information content (AvgIpc) is 1.30. The van der Waals surface area contributed by atoms with Gasteiger partial charge in [0.2, 0.25) is 0 Å². The Bertz CT molecular complexity index is 44.5. The zero-order chi connectivity index (χ0) is 5.91. The topological polar surface area (TPSA) is 79.2 Å².